The molecule has 1 unspecified atom stereocenters. The molecular weight excluding hydrogens is 370 g/mol. The molecule has 0 radical (unpaired) electrons. The Labute approximate surface area is 158 Å². The number of amides is 1. The molecule has 1 N–H and O–H groups in total. The summed E-state index contributed by atoms with van der Waals surface area (Å²) in [4.78, 5) is 17.0. The monoisotopic (exact) mass is 394 g/mol. The zero-order chi connectivity index (χ0) is 18.6. The first-order valence-electron chi connectivity index (χ1n) is 8.63. The van der Waals surface area contributed by atoms with E-state index < -0.39 is 10.0 Å². The number of carbonyl (C=O) groups excluding carboxylic acids is 1. The average molecular weight is 395 g/mol. The van der Waals surface area contributed by atoms with Crippen LogP contribution in [0.3, 0.4) is 0 Å². The minimum atomic E-state index is -3.48. The molecule has 1 amide bonds. The van der Waals surface area contributed by atoms with Gasteiger partial charge in [0.15, 0.2) is 6.54 Å². The molecule has 140 valence electrons. The van der Waals surface area contributed by atoms with Crippen LogP contribution in [0.1, 0.15) is 4.88 Å². The molecule has 6 nitrogen and oxygen atoms in total. The predicted octanol–water partition coefficient (Wildman–Crippen LogP) is 0.296. The van der Waals surface area contributed by atoms with Crippen molar-refractivity contribution >= 4 is 27.3 Å². The van der Waals surface area contributed by atoms with Gasteiger partial charge in [-0.25, -0.2) is 8.42 Å². The van der Waals surface area contributed by atoms with E-state index >= 15 is 0 Å². The van der Waals surface area contributed by atoms with Gasteiger partial charge in [-0.3, -0.25) is 4.79 Å². The summed E-state index contributed by atoms with van der Waals surface area (Å²) in [6.45, 7) is 2.81. The fraction of sp³-hybridized carbons (Fsp3) is 0.389. The van der Waals surface area contributed by atoms with Crippen molar-refractivity contribution in [3.05, 3.63) is 52.7 Å². The third kappa shape index (κ3) is 4.50. The van der Waals surface area contributed by atoms with Gasteiger partial charge >= 0.3 is 0 Å². The number of nitrogens with zero attached hydrogens (tertiary/aromatic N) is 2. The third-order valence-corrected chi connectivity index (χ3v) is 7.27. The van der Waals surface area contributed by atoms with Crippen molar-refractivity contribution in [3.63, 3.8) is 0 Å². The number of hydrogen-bond acceptors (Lipinski definition) is 4. The summed E-state index contributed by atoms with van der Waals surface area (Å²) in [5, 5.41) is 2.04. The Morgan fingerprint density at radius 2 is 1.77 bits per heavy atom. The molecule has 2 aromatic rings. The second-order valence-corrected chi connectivity index (χ2v) is 9.46. The Bertz CT molecular complexity index is 815. The maximum Gasteiger partial charge on any atom is 0.277 e. The molecule has 1 aliphatic rings. The van der Waals surface area contributed by atoms with Crippen LogP contribution in [0, 0.1) is 0 Å². The standard InChI is InChI=1S/C18H23N3O3S2/c1-19(14-16-6-5-13-25-16)15-18(22)20-9-11-21(12-10-20)26(23,24)17-7-3-2-4-8-17/h2-8,13H,9-12,14-15H2,1H3/p+1. The van der Waals surface area contributed by atoms with Crippen molar-refractivity contribution in [1.82, 2.24) is 9.21 Å². The lowest BCUT2D eigenvalue weighted by atomic mass is 10.3. The van der Waals surface area contributed by atoms with E-state index in [1.165, 1.54) is 9.18 Å². The van der Waals surface area contributed by atoms with Gasteiger partial charge in [0.2, 0.25) is 10.0 Å². The van der Waals surface area contributed by atoms with Crippen LogP contribution in [0.25, 0.3) is 0 Å². The molecule has 26 heavy (non-hydrogen) atoms. The van der Waals surface area contributed by atoms with E-state index in [1.54, 1.807) is 46.6 Å². The molecule has 8 heteroatoms. The number of likely N-dealkylation sites (N-methyl/N-ethyl adjacent to an activating group) is 1. The molecule has 1 atom stereocenters. The highest BCUT2D eigenvalue weighted by atomic mass is 32.2. The maximum absolute atomic E-state index is 12.6. The Kier molecular flexibility index (Phi) is 6.08. The number of carbonyl (C=O) groups is 1. The van der Waals surface area contributed by atoms with Gasteiger partial charge < -0.3 is 9.80 Å². The Morgan fingerprint density at radius 3 is 2.38 bits per heavy atom. The minimum Gasteiger partial charge on any atom is -0.335 e. The van der Waals surface area contributed by atoms with Gasteiger partial charge in [0.05, 0.1) is 16.8 Å². The van der Waals surface area contributed by atoms with Crippen LogP contribution in [0.2, 0.25) is 0 Å². The molecular formula is C18H24N3O3S2+. The van der Waals surface area contributed by atoms with Crippen LogP contribution in [0.5, 0.6) is 0 Å². The molecule has 0 aliphatic carbocycles. The molecule has 0 saturated carbocycles. The first-order chi connectivity index (χ1) is 12.5. The molecule has 1 saturated heterocycles. The van der Waals surface area contributed by atoms with Gasteiger partial charge in [-0.2, -0.15) is 4.31 Å². The van der Waals surface area contributed by atoms with Crippen LogP contribution in [0.4, 0.5) is 0 Å². The average Bonchev–Trinajstić information content (AvgIpc) is 3.15. The van der Waals surface area contributed by atoms with E-state index in [0.29, 0.717) is 37.6 Å². The van der Waals surface area contributed by atoms with Crippen LogP contribution < -0.4 is 4.90 Å². The number of nitrogens with one attached hydrogen (secondary N) is 1. The molecule has 1 fully saturated rings. The normalized spacial score (nSPS) is 17.2. The highest BCUT2D eigenvalue weighted by molar-refractivity contribution is 7.89. The summed E-state index contributed by atoms with van der Waals surface area (Å²) in [6, 6.07) is 12.5. The van der Waals surface area contributed by atoms with Crippen LogP contribution in [0.15, 0.2) is 52.7 Å². The van der Waals surface area contributed by atoms with Gasteiger partial charge in [-0.05, 0) is 23.6 Å². The summed E-state index contributed by atoms with van der Waals surface area (Å²) < 4.78 is 26.7. The van der Waals surface area contributed by atoms with Gasteiger partial charge in [0.25, 0.3) is 5.91 Å². The highest BCUT2D eigenvalue weighted by Gasteiger charge is 2.30. The van der Waals surface area contributed by atoms with Crippen LogP contribution in [-0.4, -0.2) is 63.3 Å². The van der Waals surface area contributed by atoms with Crippen LogP contribution in [-0.2, 0) is 21.4 Å². The fourth-order valence-corrected chi connectivity index (χ4v) is 5.32. The lowest BCUT2D eigenvalue weighted by Gasteiger charge is -2.34. The second kappa shape index (κ2) is 8.30. The Balaban J connectivity index is 1.52. The number of benzene rings is 1. The largest absolute Gasteiger partial charge is 0.335 e. The van der Waals surface area contributed by atoms with E-state index in [9.17, 15) is 13.2 Å². The summed E-state index contributed by atoms with van der Waals surface area (Å²) in [7, 11) is -1.47. The lowest BCUT2D eigenvalue weighted by molar-refractivity contribution is -0.885. The SMILES string of the molecule is C[NH+](CC(=O)N1CCN(S(=O)(=O)c2ccccc2)CC1)Cc1cccs1. The summed E-state index contributed by atoms with van der Waals surface area (Å²) in [5.74, 6) is 0.0795. The summed E-state index contributed by atoms with van der Waals surface area (Å²) in [5.41, 5.74) is 0. The number of rotatable bonds is 6. The van der Waals surface area contributed by atoms with Crippen molar-refractivity contribution in [2.24, 2.45) is 0 Å². The number of piperazine rings is 1. The number of quaternary nitrogens is 1. The fourth-order valence-electron chi connectivity index (χ4n) is 3.06. The van der Waals surface area contributed by atoms with Crippen LogP contribution >= 0.6 is 11.3 Å². The zero-order valence-electron chi connectivity index (χ0n) is 14.8. The first kappa shape index (κ1) is 19.0. The van der Waals surface area contributed by atoms with Crippen molar-refractivity contribution in [2.45, 2.75) is 11.4 Å². The molecule has 1 aliphatic heterocycles. The van der Waals surface area contributed by atoms with E-state index in [4.69, 9.17) is 0 Å². The topological polar surface area (TPSA) is 62.1 Å². The van der Waals surface area contributed by atoms with Crippen molar-refractivity contribution in [2.75, 3.05) is 39.8 Å². The van der Waals surface area contributed by atoms with Crippen molar-refractivity contribution in [1.29, 1.82) is 0 Å². The maximum atomic E-state index is 12.6. The zero-order valence-corrected chi connectivity index (χ0v) is 16.4. The lowest BCUT2D eigenvalue weighted by Crippen LogP contribution is -3.08. The molecule has 3 rings (SSSR count). The van der Waals surface area contributed by atoms with E-state index in [2.05, 4.69) is 6.07 Å². The smallest absolute Gasteiger partial charge is 0.277 e. The van der Waals surface area contributed by atoms with Gasteiger partial charge in [-0.15, -0.1) is 11.3 Å². The second-order valence-electron chi connectivity index (χ2n) is 6.49. The minimum absolute atomic E-state index is 0.0795. The molecule has 2 heterocycles. The Morgan fingerprint density at radius 1 is 1.08 bits per heavy atom. The third-order valence-electron chi connectivity index (χ3n) is 4.48. The van der Waals surface area contributed by atoms with Gasteiger partial charge in [0, 0.05) is 26.2 Å². The number of sulfonamides is 1. The van der Waals surface area contributed by atoms with Crippen molar-refractivity contribution in [3.8, 4) is 0 Å². The number of thiophene rings is 1. The van der Waals surface area contributed by atoms with Gasteiger partial charge in [0.1, 0.15) is 6.54 Å². The molecule has 0 bridgehead atoms. The van der Waals surface area contributed by atoms with E-state index in [1.807, 2.05) is 18.5 Å². The molecule has 0 spiro atoms. The summed E-state index contributed by atoms with van der Waals surface area (Å²) in [6.07, 6.45) is 0. The first-order valence-corrected chi connectivity index (χ1v) is 11.0. The molecule has 1 aromatic carbocycles. The molecule has 1 aromatic heterocycles. The number of hydrogen-bond donors (Lipinski definition) is 1. The highest BCUT2D eigenvalue weighted by Crippen LogP contribution is 2.17. The van der Waals surface area contributed by atoms with E-state index in [-0.39, 0.29) is 5.91 Å². The van der Waals surface area contributed by atoms with E-state index in [0.717, 1.165) is 11.4 Å². The Hall–Kier alpha value is -1.74. The van der Waals surface area contributed by atoms with Gasteiger partial charge in [-0.1, -0.05) is 24.3 Å². The van der Waals surface area contributed by atoms with Crippen molar-refractivity contribution < 1.29 is 18.1 Å². The predicted molar refractivity (Wildman–Crippen MR) is 102 cm³/mol. The summed E-state index contributed by atoms with van der Waals surface area (Å²) >= 11 is 1.70. The quantitative estimate of drug-likeness (QED) is 0.766.